The molecule has 0 fully saturated rings. The van der Waals surface area contributed by atoms with E-state index in [1.165, 1.54) is 0 Å². The van der Waals surface area contributed by atoms with Crippen LogP contribution in [-0.4, -0.2) is 9.97 Å². The van der Waals surface area contributed by atoms with Crippen LogP contribution in [0.5, 0.6) is 0 Å². The second kappa shape index (κ2) is 5.61. The van der Waals surface area contributed by atoms with Gasteiger partial charge >= 0.3 is 6.18 Å². The van der Waals surface area contributed by atoms with E-state index in [1.807, 2.05) is 0 Å². The lowest BCUT2D eigenvalue weighted by atomic mass is 10.1. The Hall–Kier alpha value is -0.670. The first-order valence-electron chi connectivity index (χ1n) is 4.96. The van der Waals surface area contributed by atoms with Gasteiger partial charge in [0.2, 0.25) is 0 Å². The third-order valence-electron chi connectivity index (χ3n) is 2.30. The van der Waals surface area contributed by atoms with Crippen LogP contribution in [-0.2, 0) is 6.18 Å². The van der Waals surface area contributed by atoms with E-state index in [0.29, 0.717) is 9.64 Å². The summed E-state index contributed by atoms with van der Waals surface area (Å²) in [7, 11) is 0. The van der Waals surface area contributed by atoms with E-state index >= 15 is 0 Å². The summed E-state index contributed by atoms with van der Waals surface area (Å²) < 4.78 is 52.1. The van der Waals surface area contributed by atoms with Crippen LogP contribution in [0.25, 0.3) is 11.4 Å². The SMILES string of the molecule is Fc1ccc(-c2nc(Cl)c(I)c(Cl)n2)c(C(F)(F)F)c1. The van der Waals surface area contributed by atoms with Crippen molar-refractivity contribution in [2.75, 3.05) is 0 Å². The van der Waals surface area contributed by atoms with Crippen molar-refractivity contribution < 1.29 is 17.6 Å². The highest BCUT2D eigenvalue weighted by atomic mass is 127. The molecule has 0 saturated heterocycles. The molecule has 0 unspecified atom stereocenters. The third kappa shape index (κ3) is 3.15. The van der Waals surface area contributed by atoms with Crippen LogP contribution in [0.15, 0.2) is 18.2 Å². The molecule has 1 aromatic carbocycles. The van der Waals surface area contributed by atoms with E-state index in [-0.39, 0.29) is 21.7 Å². The van der Waals surface area contributed by atoms with Crippen LogP contribution in [0.4, 0.5) is 17.6 Å². The standard InChI is InChI=1S/C11H3Cl2F4IN2/c12-8-7(18)9(13)20-10(19-8)5-2-1-4(14)3-6(5)11(15,16)17/h1-3H. The van der Waals surface area contributed by atoms with Crippen molar-refractivity contribution in [2.24, 2.45) is 0 Å². The van der Waals surface area contributed by atoms with Gasteiger partial charge in [-0.25, -0.2) is 14.4 Å². The maximum atomic E-state index is 13.0. The van der Waals surface area contributed by atoms with Crippen molar-refractivity contribution in [3.05, 3.63) is 43.5 Å². The van der Waals surface area contributed by atoms with Crippen LogP contribution in [0.3, 0.4) is 0 Å². The maximum Gasteiger partial charge on any atom is 0.417 e. The van der Waals surface area contributed by atoms with E-state index < -0.39 is 17.6 Å². The van der Waals surface area contributed by atoms with Gasteiger partial charge in [-0.15, -0.1) is 0 Å². The van der Waals surface area contributed by atoms with Crippen LogP contribution in [0.2, 0.25) is 10.3 Å². The van der Waals surface area contributed by atoms with Gasteiger partial charge < -0.3 is 0 Å². The molecule has 0 saturated carbocycles. The highest BCUT2D eigenvalue weighted by Crippen LogP contribution is 2.37. The summed E-state index contributed by atoms with van der Waals surface area (Å²) in [5, 5.41) is -0.143. The molecule has 0 atom stereocenters. The molecule has 0 aliphatic carbocycles. The highest BCUT2D eigenvalue weighted by molar-refractivity contribution is 14.1. The summed E-state index contributed by atoms with van der Waals surface area (Å²) in [6.07, 6.45) is -4.75. The van der Waals surface area contributed by atoms with Gasteiger partial charge in [0.15, 0.2) is 5.82 Å². The second-order valence-corrected chi connectivity index (χ2v) is 5.43. The first kappa shape index (κ1) is 15.7. The predicted molar refractivity (Wildman–Crippen MR) is 75.2 cm³/mol. The molecular weight excluding hydrogens is 434 g/mol. The molecule has 20 heavy (non-hydrogen) atoms. The van der Waals surface area contributed by atoms with E-state index in [9.17, 15) is 17.6 Å². The molecule has 1 aromatic heterocycles. The molecular formula is C11H3Cl2F4IN2. The van der Waals surface area contributed by atoms with Crippen LogP contribution in [0.1, 0.15) is 5.56 Å². The zero-order valence-corrected chi connectivity index (χ0v) is 12.9. The minimum absolute atomic E-state index is 0.0713. The number of hydrogen-bond donors (Lipinski definition) is 0. The average molecular weight is 437 g/mol. The summed E-state index contributed by atoms with van der Waals surface area (Å²) in [5.74, 6) is -1.32. The van der Waals surface area contributed by atoms with Crippen molar-refractivity contribution in [1.29, 1.82) is 0 Å². The smallest absolute Gasteiger partial charge is 0.215 e. The number of alkyl halides is 3. The van der Waals surface area contributed by atoms with Gasteiger partial charge in [-0.2, -0.15) is 13.2 Å². The summed E-state index contributed by atoms with van der Waals surface area (Å²) in [5.41, 5.74) is -1.58. The summed E-state index contributed by atoms with van der Waals surface area (Å²) in [4.78, 5) is 7.50. The Labute approximate surface area is 134 Å². The fourth-order valence-electron chi connectivity index (χ4n) is 1.46. The largest absolute Gasteiger partial charge is 0.417 e. The molecule has 0 radical (unpaired) electrons. The number of nitrogens with zero attached hydrogens (tertiary/aromatic N) is 2. The molecule has 9 heteroatoms. The Morgan fingerprint density at radius 3 is 2.10 bits per heavy atom. The lowest BCUT2D eigenvalue weighted by molar-refractivity contribution is -0.137. The Kier molecular flexibility index (Phi) is 4.41. The van der Waals surface area contributed by atoms with Gasteiger partial charge in [0.05, 0.1) is 9.13 Å². The first-order valence-corrected chi connectivity index (χ1v) is 6.79. The monoisotopic (exact) mass is 436 g/mol. The molecule has 2 nitrogen and oxygen atoms in total. The second-order valence-electron chi connectivity index (χ2n) is 3.63. The topological polar surface area (TPSA) is 25.8 Å². The maximum absolute atomic E-state index is 13.0. The molecule has 2 aromatic rings. The Morgan fingerprint density at radius 2 is 1.60 bits per heavy atom. The molecule has 0 bridgehead atoms. The summed E-state index contributed by atoms with van der Waals surface area (Å²) in [6, 6.07) is 2.19. The average Bonchev–Trinajstić information content (AvgIpc) is 2.34. The number of halogens is 7. The van der Waals surface area contributed by atoms with Gasteiger partial charge in [-0.05, 0) is 40.8 Å². The van der Waals surface area contributed by atoms with Crippen LogP contribution < -0.4 is 0 Å². The molecule has 0 spiro atoms. The van der Waals surface area contributed by atoms with E-state index in [4.69, 9.17) is 23.2 Å². The van der Waals surface area contributed by atoms with Crippen molar-refractivity contribution in [3.8, 4) is 11.4 Å². The van der Waals surface area contributed by atoms with Crippen molar-refractivity contribution in [2.45, 2.75) is 6.18 Å². The molecule has 0 aliphatic rings. The first-order chi connectivity index (χ1) is 9.20. The molecule has 1 heterocycles. The van der Waals surface area contributed by atoms with Gasteiger partial charge in [0.25, 0.3) is 0 Å². The quantitative estimate of drug-likeness (QED) is 0.348. The van der Waals surface area contributed by atoms with Gasteiger partial charge in [0.1, 0.15) is 16.1 Å². The predicted octanol–water partition coefficient (Wildman–Crippen LogP) is 5.21. The lowest BCUT2D eigenvalue weighted by Crippen LogP contribution is -2.09. The lowest BCUT2D eigenvalue weighted by Gasteiger charge is -2.12. The van der Waals surface area contributed by atoms with E-state index in [2.05, 4.69) is 9.97 Å². The fraction of sp³-hybridized carbons (Fsp3) is 0.0909. The zero-order valence-electron chi connectivity index (χ0n) is 9.27. The minimum Gasteiger partial charge on any atom is -0.215 e. The normalized spacial score (nSPS) is 11.8. The minimum atomic E-state index is -4.75. The molecule has 2 rings (SSSR count). The number of aromatic nitrogens is 2. The number of rotatable bonds is 1. The van der Waals surface area contributed by atoms with E-state index in [1.54, 1.807) is 22.6 Å². The summed E-state index contributed by atoms with van der Waals surface area (Å²) >= 11 is 13.3. The van der Waals surface area contributed by atoms with Gasteiger partial charge in [0, 0.05) is 5.56 Å². The third-order valence-corrected chi connectivity index (χ3v) is 4.50. The van der Waals surface area contributed by atoms with Crippen LogP contribution in [0, 0.1) is 9.39 Å². The molecule has 0 aliphatic heterocycles. The fourth-order valence-corrected chi connectivity index (χ4v) is 2.09. The van der Waals surface area contributed by atoms with Gasteiger partial charge in [-0.1, -0.05) is 23.2 Å². The zero-order chi connectivity index (χ0) is 15.1. The number of hydrogen-bond acceptors (Lipinski definition) is 2. The van der Waals surface area contributed by atoms with Crippen LogP contribution >= 0.6 is 45.8 Å². The van der Waals surface area contributed by atoms with E-state index in [0.717, 1.165) is 12.1 Å². The molecule has 0 N–H and O–H groups in total. The molecule has 0 amide bonds. The highest BCUT2D eigenvalue weighted by Gasteiger charge is 2.35. The van der Waals surface area contributed by atoms with Gasteiger partial charge in [-0.3, -0.25) is 0 Å². The Bertz CT molecular complexity index is 653. The number of benzene rings is 1. The Balaban J connectivity index is 2.70. The van der Waals surface area contributed by atoms with Crippen molar-refractivity contribution in [1.82, 2.24) is 9.97 Å². The Morgan fingerprint density at radius 1 is 1.05 bits per heavy atom. The summed E-state index contributed by atoms with van der Waals surface area (Å²) in [6.45, 7) is 0. The van der Waals surface area contributed by atoms with Crippen molar-refractivity contribution in [3.63, 3.8) is 0 Å². The van der Waals surface area contributed by atoms with Crippen molar-refractivity contribution >= 4 is 45.8 Å². The molecule has 106 valence electrons.